The lowest BCUT2D eigenvalue weighted by Gasteiger charge is -2.12. The Morgan fingerprint density at radius 2 is 2.06 bits per heavy atom. The maximum absolute atomic E-state index is 13.1. The van der Waals surface area contributed by atoms with Gasteiger partial charge in [-0.05, 0) is 48.6 Å². The molecule has 5 rings (SSSR count). The van der Waals surface area contributed by atoms with Crippen LogP contribution in [0, 0.1) is 5.82 Å². The number of nitrogens with one attached hydrogen (secondary N) is 1. The molecule has 0 bridgehead atoms. The summed E-state index contributed by atoms with van der Waals surface area (Å²) < 4.78 is 23.0. The molecule has 9 nitrogen and oxygen atoms in total. The lowest BCUT2D eigenvalue weighted by Crippen LogP contribution is -2.30. The van der Waals surface area contributed by atoms with Gasteiger partial charge in [0.05, 0.1) is 18.2 Å². The van der Waals surface area contributed by atoms with Crippen LogP contribution >= 0.6 is 11.3 Å². The Labute approximate surface area is 178 Å². The van der Waals surface area contributed by atoms with Crippen LogP contribution in [0.25, 0.3) is 16.0 Å². The monoisotopic (exact) mass is 443 g/mol. The number of carbonyl (C=O) groups excluding carboxylic acids is 1. The molecular weight excluding hydrogens is 425 g/mol. The Morgan fingerprint density at radius 1 is 1.26 bits per heavy atom. The molecule has 11 heteroatoms. The van der Waals surface area contributed by atoms with Crippen LogP contribution in [0.5, 0.6) is 0 Å². The van der Waals surface area contributed by atoms with Crippen LogP contribution < -0.4 is 16.6 Å². The van der Waals surface area contributed by atoms with Crippen LogP contribution in [0.4, 0.5) is 10.1 Å². The number of amides is 1. The van der Waals surface area contributed by atoms with Crippen LogP contribution in [0.2, 0.25) is 0 Å². The van der Waals surface area contributed by atoms with Gasteiger partial charge in [-0.15, -0.1) is 16.4 Å². The summed E-state index contributed by atoms with van der Waals surface area (Å²) in [7, 11) is 0. The molecule has 3 aromatic heterocycles. The predicted molar refractivity (Wildman–Crippen MR) is 113 cm³/mol. The number of carbonyl (C=O) groups is 1. The van der Waals surface area contributed by atoms with Crippen LogP contribution in [0.15, 0.2) is 45.3 Å². The topological polar surface area (TPSA) is 99.6 Å². The van der Waals surface area contributed by atoms with E-state index in [2.05, 4.69) is 10.4 Å². The maximum atomic E-state index is 13.1. The Balaban J connectivity index is 1.54. The van der Waals surface area contributed by atoms with E-state index in [1.165, 1.54) is 44.6 Å². The van der Waals surface area contributed by atoms with Crippen LogP contribution in [-0.2, 0) is 22.6 Å². The minimum Gasteiger partial charge on any atom is -0.376 e. The fourth-order valence-electron chi connectivity index (χ4n) is 3.76. The van der Waals surface area contributed by atoms with Gasteiger partial charge in [-0.2, -0.15) is 0 Å². The van der Waals surface area contributed by atoms with Crippen LogP contribution in [0.1, 0.15) is 12.8 Å². The maximum Gasteiger partial charge on any atom is 0.352 e. The smallest absolute Gasteiger partial charge is 0.352 e. The van der Waals surface area contributed by atoms with E-state index in [-0.39, 0.29) is 30.5 Å². The molecule has 1 amide bonds. The number of halogens is 1. The third kappa shape index (κ3) is 3.55. The average Bonchev–Trinajstić information content (AvgIpc) is 3.48. The van der Waals surface area contributed by atoms with Gasteiger partial charge in [0.25, 0.3) is 5.56 Å². The number of benzene rings is 1. The molecule has 0 saturated carbocycles. The van der Waals surface area contributed by atoms with E-state index in [9.17, 15) is 18.8 Å². The summed E-state index contributed by atoms with van der Waals surface area (Å²) in [5.74, 6) is -0.740. The quantitative estimate of drug-likeness (QED) is 0.507. The molecule has 1 atom stereocenters. The van der Waals surface area contributed by atoms with Crippen molar-refractivity contribution in [2.75, 3.05) is 11.9 Å². The highest BCUT2D eigenvalue weighted by Gasteiger charge is 2.23. The lowest BCUT2D eigenvalue weighted by molar-refractivity contribution is -0.117. The number of fused-ring (bicyclic) bond motifs is 3. The van der Waals surface area contributed by atoms with E-state index in [1.807, 2.05) is 0 Å². The highest BCUT2D eigenvalue weighted by Crippen LogP contribution is 2.19. The molecule has 31 heavy (non-hydrogen) atoms. The molecule has 160 valence electrons. The minimum atomic E-state index is -0.520. The normalized spacial score (nSPS) is 16.4. The Kier molecular flexibility index (Phi) is 4.91. The van der Waals surface area contributed by atoms with E-state index < -0.39 is 17.4 Å². The molecule has 1 saturated heterocycles. The van der Waals surface area contributed by atoms with Gasteiger partial charge in [-0.3, -0.25) is 14.2 Å². The van der Waals surface area contributed by atoms with Gasteiger partial charge in [0.1, 0.15) is 17.1 Å². The third-order valence-electron chi connectivity index (χ3n) is 5.22. The molecule has 1 aliphatic heterocycles. The first-order valence-corrected chi connectivity index (χ1v) is 10.7. The molecule has 0 radical (unpaired) electrons. The van der Waals surface area contributed by atoms with Crippen molar-refractivity contribution in [3.05, 3.63) is 62.4 Å². The van der Waals surface area contributed by atoms with Crippen molar-refractivity contribution in [2.45, 2.75) is 32.0 Å². The summed E-state index contributed by atoms with van der Waals surface area (Å²) in [6.07, 6.45) is 1.62. The number of hydrogen-bond donors (Lipinski definition) is 1. The standard InChI is InChI=1S/C20H18FN5O4S/c21-12-3-5-13(6-4-12)22-16(27)11-25-20(29)26-15-7-9-31-17(15)18(28)24(19(26)23-25)10-14-2-1-8-30-14/h3-7,9,14H,1-2,8,10-11H2,(H,22,27)/t14-/m1/s1. The van der Waals surface area contributed by atoms with Crippen molar-refractivity contribution < 1.29 is 13.9 Å². The van der Waals surface area contributed by atoms with Crippen molar-refractivity contribution in [1.29, 1.82) is 0 Å². The Morgan fingerprint density at radius 3 is 2.81 bits per heavy atom. The first kappa shape index (κ1) is 19.6. The van der Waals surface area contributed by atoms with Crippen molar-refractivity contribution in [3.63, 3.8) is 0 Å². The van der Waals surface area contributed by atoms with E-state index in [0.29, 0.717) is 22.5 Å². The van der Waals surface area contributed by atoms with Crippen molar-refractivity contribution in [1.82, 2.24) is 18.7 Å². The SMILES string of the molecule is O=C(Cn1nc2n(C[C@H]3CCCO3)c(=O)c3sccc3n2c1=O)Nc1ccc(F)cc1. The van der Waals surface area contributed by atoms with Gasteiger partial charge in [0, 0.05) is 12.3 Å². The molecule has 4 aromatic rings. The largest absolute Gasteiger partial charge is 0.376 e. The predicted octanol–water partition coefficient (Wildman–Crippen LogP) is 1.83. The summed E-state index contributed by atoms with van der Waals surface area (Å²) in [4.78, 5) is 38.6. The summed E-state index contributed by atoms with van der Waals surface area (Å²) in [6, 6.07) is 6.99. The number of aromatic nitrogens is 4. The summed E-state index contributed by atoms with van der Waals surface area (Å²) >= 11 is 1.25. The molecule has 1 N–H and O–H groups in total. The zero-order valence-electron chi connectivity index (χ0n) is 16.3. The summed E-state index contributed by atoms with van der Waals surface area (Å²) in [5.41, 5.74) is 0.108. The average molecular weight is 443 g/mol. The number of hydrogen-bond acceptors (Lipinski definition) is 6. The second kappa shape index (κ2) is 7.75. The third-order valence-corrected chi connectivity index (χ3v) is 6.11. The van der Waals surface area contributed by atoms with Crippen molar-refractivity contribution in [3.8, 4) is 0 Å². The highest BCUT2D eigenvalue weighted by atomic mass is 32.1. The van der Waals surface area contributed by atoms with Crippen molar-refractivity contribution in [2.24, 2.45) is 0 Å². The second-order valence-corrected chi connectivity index (χ2v) is 8.23. The molecule has 1 fully saturated rings. The molecule has 0 aliphatic carbocycles. The summed E-state index contributed by atoms with van der Waals surface area (Å²) in [6.45, 7) is 0.577. The molecular formula is C20H18FN5O4S. The lowest BCUT2D eigenvalue weighted by atomic mass is 10.2. The van der Waals surface area contributed by atoms with Crippen LogP contribution in [-0.4, -0.2) is 37.4 Å². The van der Waals surface area contributed by atoms with Crippen molar-refractivity contribution >= 4 is 38.9 Å². The zero-order valence-corrected chi connectivity index (χ0v) is 17.1. The second-order valence-electron chi connectivity index (χ2n) is 7.32. The number of ether oxygens (including phenoxy) is 1. The van der Waals surface area contributed by atoms with Gasteiger partial charge < -0.3 is 10.1 Å². The van der Waals surface area contributed by atoms with Gasteiger partial charge in [0.15, 0.2) is 0 Å². The fraction of sp³-hybridized carbons (Fsp3) is 0.300. The van der Waals surface area contributed by atoms with Crippen LogP contribution in [0.3, 0.4) is 0 Å². The van der Waals surface area contributed by atoms with E-state index in [4.69, 9.17) is 4.74 Å². The Bertz CT molecular complexity index is 1400. The number of rotatable bonds is 5. The van der Waals surface area contributed by atoms with E-state index in [0.717, 1.165) is 17.5 Å². The van der Waals surface area contributed by atoms with Gasteiger partial charge in [-0.1, -0.05) is 0 Å². The summed E-state index contributed by atoms with van der Waals surface area (Å²) in [5, 5.41) is 8.65. The number of nitrogens with zero attached hydrogens (tertiary/aromatic N) is 4. The first-order chi connectivity index (χ1) is 15.0. The first-order valence-electron chi connectivity index (χ1n) is 9.78. The molecule has 0 unspecified atom stereocenters. The van der Waals surface area contributed by atoms with Gasteiger partial charge >= 0.3 is 5.69 Å². The number of anilines is 1. The highest BCUT2D eigenvalue weighted by molar-refractivity contribution is 7.17. The molecule has 1 aromatic carbocycles. The molecule has 0 spiro atoms. The molecule has 1 aliphatic rings. The van der Waals surface area contributed by atoms with Gasteiger partial charge in [-0.25, -0.2) is 18.3 Å². The fourth-order valence-corrected chi connectivity index (χ4v) is 4.59. The van der Waals surface area contributed by atoms with E-state index >= 15 is 0 Å². The Hall–Kier alpha value is -3.31. The minimum absolute atomic E-state index is 0.124. The number of thiophene rings is 1. The zero-order chi connectivity index (χ0) is 21.5. The molecule has 4 heterocycles. The van der Waals surface area contributed by atoms with E-state index in [1.54, 1.807) is 11.4 Å². The van der Waals surface area contributed by atoms with Gasteiger partial charge in [0.2, 0.25) is 11.7 Å².